The van der Waals surface area contributed by atoms with Gasteiger partial charge in [0.25, 0.3) is 5.91 Å². The Morgan fingerprint density at radius 3 is 2.09 bits per heavy atom. The van der Waals surface area contributed by atoms with Crippen LogP contribution in [0.4, 0.5) is 0 Å². The van der Waals surface area contributed by atoms with E-state index in [1.807, 2.05) is 47.6 Å². The lowest BCUT2D eigenvalue weighted by atomic mass is 9.91. The molecule has 1 unspecified atom stereocenters. The quantitative estimate of drug-likeness (QED) is 0.174. The molecule has 2 aliphatic heterocycles. The van der Waals surface area contributed by atoms with Gasteiger partial charge in [-0.3, -0.25) is 19.2 Å². The van der Waals surface area contributed by atoms with Gasteiger partial charge in [0.05, 0.1) is 5.71 Å². The Kier molecular flexibility index (Phi) is 10.1. The molecule has 0 bridgehead atoms. The Bertz CT molecular complexity index is 1610. The molecule has 3 atom stereocenters. The van der Waals surface area contributed by atoms with Crippen molar-refractivity contribution in [3.8, 4) is 0 Å². The number of nitrogens with one attached hydrogen (secondary N) is 3. The van der Waals surface area contributed by atoms with Crippen LogP contribution in [0.2, 0.25) is 0 Å². The van der Waals surface area contributed by atoms with Gasteiger partial charge in [0, 0.05) is 76.8 Å². The smallest absolute Gasteiger partial charge is 0.303 e. The molecule has 2 aromatic heterocycles. The standard InChI is InChI=1S/C33H42N4O6S/c1-7-20-15(2)25(36-33(20)43)12-23-16(3)21(8-10-29(38)39)26(34-23)14-27-22(9-11-30(40)41)17(4)24(35-27)13-28-31(19(6)44)18(5)32(42)37-28/h13,18-19,31,34-35,44H,7-12,14H2,1-6H3,(H,37,42)(H,38,39)(H,40,41)/b28-13-/t18-,19?,31+/m1/s1. The molecule has 2 aromatic rings. The lowest BCUT2D eigenvalue weighted by Gasteiger charge is -2.17. The summed E-state index contributed by atoms with van der Waals surface area (Å²) in [4.78, 5) is 59.3. The van der Waals surface area contributed by atoms with Gasteiger partial charge in [-0.05, 0) is 73.9 Å². The van der Waals surface area contributed by atoms with Crippen LogP contribution in [0.15, 0.2) is 21.8 Å². The number of amides is 2. The van der Waals surface area contributed by atoms with Crippen molar-refractivity contribution in [2.45, 2.75) is 91.7 Å². The summed E-state index contributed by atoms with van der Waals surface area (Å²) in [6.45, 7) is 11.6. The van der Waals surface area contributed by atoms with Gasteiger partial charge in [-0.25, -0.2) is 4.99 Å². The maximum Gasteiger partial charge on any atom is 0.303 e. The van der Waals surface area contributed by atoms with Gasteiger partial charge in [0.1, 0.15) is 0 Å². The minimum atomic E-state index is -0.904. The summed E-state index contributed by atoms with van der Waals surface area (Å²) in [6.07, 6.45) is 3.88. The molecule has 44 heavy (non-hydrogen) atoms. The second-order valence-electron chi connectivity index (χ2n) is 11.9. The zero-order chi connectivity index (χ0) is 32.5. The molecule has 236 valence electrons. The van der Waals surface area contributed by atoms with Crippen LogP contribution in [0.25, 0.3) is 6.08 Å². The van der Waals surface area contributed by atoms with E-state index in [0.29, 0.717) is 43.4 Å². The van der Waals surface area contributed by atoms with Crippen LogP contribution in [-0.4, -0.2) is 54.9 Å². The van der Waals surface area contributed by atoms with Crippen molar-refractivity contribution in [1.82, 2.24) is 15.3 Å². The molecule has 5 N–H and O–H groups in total. The van der Waals surface area contributed by atoms with Crippen molar-refractivity contribution in [1.29, 1.82) is 0 Å². The molecule has 1 saturated heterocycles. The highest BCUT2D eigenvalue weighted by atomic mass is 32.1. The number of hydrogen-bond acceptors (Lipinski definition) is 5. The molecule has 2 amide bonds. The van der Waals surface area contributed by atoms with Gasteiger partial charge in [-0.1, -0.05) is 20.8 Å². The summed E-state index contributed by atoms with van der Waals surface area (Å²) in [5.74, 6) is -2.38. The zero-order valence-electron chi connectivity index (χ0n) is 26.2. The van der Waals surface area contributed by atoms with Gasteiger partial charge in [0.2, 0.25) is 5.91 Å². The predicted octanol–water partition coefficient (Wildman–Crippen LogP) is 4.88. The molecular formula is C33H42N4O6S. The Balaban J connectivity index is 1.76. The summed E-state index contributed by atoms with van der Waals surface area (Å²) >= 11 is 4.63. The minimum Gasteiger partial charge on any atom is -0.481 e. The van der Waals surface area contributed by atoms with Gasteiger partial charge in [-0.15, -0.1) is 0 Å². The highest BCUT2D eigenvalue weighted by molar-refractivity contribution is 7.80. The first-order valence-electron chi connectivity index (χ1n) is 15.1. The molecule has 1 fully saturated rings. The average Bonchev–Trinajstić information content (AvgIpc) is 3.59. The van der Waals surface area contributed by atoms with Gasteiger partial charge in [0.15, 0.2) is 0 Å². The molecule has 0 aromatic carbocycles. The maximum absolute atomic E-state index is 12.5. The fraction of sp³-hybridized carbons (Fsp3) is 0.485. The number of aromatic nitrogens is 2. The molecule has 0 aliphatic carbocycles. The Morgan fingerprint density at radius 1 is 0.955 bits per heavy atom. The van der Waals surface area contributed by atoms with Crippen LogP contribution in [-0.2, 0) is 44.9 Å². The lowest BCUT2D eigenvalue weighted by Crippen LogP contribution is -2.19. The summed E-state index contributed by atoms with van der Waals surface area (Å²) in [5, 5.41) is 21.9. The SMILES string of the molecule is CCC1=C(C)C(Cc2[nH]c(Cc3[nH]c(/C=C4\NC(=O)[C@H](C)[C@H]4C(C)S)c(C)c3CCC(=O)O)c(CCC(=O)O)c2C)=NC1=O. The second-order valence-corrected chi connectivity index (χ2v) is 12.7. The van der Waals surface area contributed by atoms with Crippen LogP contribution < -0.4 is 5.32 Å². The van der Waals surface area contributed by atoms with E-state index in [9.17, 15) is 29.4 Å². The van der Waals surface area contributed by atoms with Gasteiger partial charge in [-0.2, -0.15) is 12.6 Å². The first-order chi connectivity index (χ1) is 20.7. The normalized spacial score (nSPS) is 20.1. The van der Waals surface area contributed by atoms with Crippen LogP contribution >= 0.6 is 12.6 Å². The van der Waals surface area contributed by atoms with E-state index in [-0.39, 0.29) is 41.7 Å². The Hall–Kier alpha value is -3.86. The number of carbonyl (C=O) groups excluding carboxylic acids is 2. The largest absolute Gasteiger partial charge is 0.481 e. The Morgan fingerprint density at radius 2 is 1.55 bits per heavy atom. The number of nitrogens with zero attached hydrogens (tertiary/aromatic N) is 1. The van der Waals surface area contributed by atoms with Crippen LogP contribution in [0.1, 0.15) is 92.0 Å². The van der Waals surface area contributed by atoms with Crippen LogP contribution in [0.3, 0.4) is 0 Å². The van der Waals surface area contributed by atoms with Crippen LogP contribution in [0.5, 0.6) is 0 Å². The Labute approximate surface area is 262 Å². The fourth-order valence-corrected chi connectivity index (χ4v) is 6.94. The zero-order valence-corrected chi connectivity index (χ0v) is 27.1. The molecule has 0 spiro atoms. The molecule has 2 aliphatic rings. The molecule has 0 radical (unpaired) electrons. The summed E-state index contributed by atoms with van der Waals surface area (Å²) in [7, 11) is 0. The molecule has 4 heterocycles. The van der Waals surface area contributed by atoms with E-state index in [0.717, 1.165) is 56.3 Å². The lowest BCUT2D eigenvalue weighted by molar-refractivity contribution is -0.138. The topological polar surface area (TPSA) is 165 Å². The second kappa shape index (κ2) is 13.4. The maximum atomic E-state index is 12.5. The van der Waals surface area contributed by atoms with E-state index in [1.54, 1.807) is 0 Å². The van der Waals surface area contributed by atoms with E-state index in [2.05, 4.69) is 32.9 Å². The summed E-state index contributed by atoms with van der Waals surface area (Å²) in [6, 6.07) is 0. The predicted molar refractivity (Wildman–Crippen MR) is 172 cm³/mol. The molecule has 11 heteroatoms. The summed E-state index contributed by atoms with van der Waals surface area (Å²) < 4.78 is 0. The van der Waals surface area contributed by atoms with Crippen molar-refractivity contribution >= 4 is 48.2 Å². The number of aromatic amines is 2. The number of allylic oxidation sites excluding steroid dienone is 2. The van der Waals surface area contributed by atoms with E-state index in [1.165, 1.54) is 0 Å². The number of carboxylic acids is 2. The van der Waals surface area contributed by atoms with Crippen molar-refractivity contribution in [2.75, 3.05) is 0 Å². The monoisotopic (exact) mass is 622 g/mol. The fourth-order valence-electron chi connectivity index (χ4n) is 6.52. The van der Waals surface area contributed by atoms with E-state index in [4.69, 9.17) is 0 Å². The van der Waals surface area contributed by atoms with Crippen molar-refractivity contribution in [3.05, 3.63) is 61.9 Å². The number of rotatable bonds is 13. The van der Waals surface area contributed by atoms with Crippen molar-refractivity contribution in [3.63, 3.8) is 0 Å². The molecule has 0 saturated carbocycles. The number of carboxylic acid groups (broad SMARTS) is 2. The van der Waals surface area contributed by atoms with Crippen molar-refractivity contribution < 1.29 is 29.4 Å². The highest BCUT2D eigenvalue weighted by Gasteiger charge is 2.37. The molecule has 4 rings (SSSR count). The number of H-pyrrole nitrogens is 2. The van der Waals surface area contributed by atoms with Crippen LogP contribution in [0, 0.1) is 25.7 Å². The number of hydrogen-bond donors (Lipinski definition) is 6. The third-order valence-corrected chi connectivity index (χ3v) is 9.41. The number of aliphatic imine (C=N–C) groups is 1. The summed E-state index contributed by atoms with van der Waals surface area (Å²) in [5.41, 5.74) is 9.99. The third kappa shape index (κ3) is 6.77. The number of carbonyl (C=O) groups is 4. The van der Waals surface area contributed by atoms with E-state index >= 15 is 0 Å². The minimum absolute atomic E-state index is 0.0440. The third-order valence-electron chi connectivity index (χ3n) is 9.09. The van der Waals surface area contributed by atoms with Gasteiger partial charge >= 0.3 is 11.9 Å². The molecular weight excluding hydrogens is 580 g/mol. The van der Waals surface area contributed by atoms with Crippen molar-refractivity contribution in [2.24, 2.45) is 16.8 Å². The number of thiol groups is 1. The molecule has 10 nitrogen and oxygen atoms in total. The van der Waals surface area contributed by atoms with Gasteiger partial charge < -0.3 is 25.5 Å². The first kappa shape index (κ1) is 33.0. The average molecular weight is 623 g/mol. The van der Waals surface area contributed by atoms with E-state index < -0.39 is 11.9 Å². The first-order valence-corrected chi connectivity index (χ1v) is 15.6. The number of aliphatic carboxylic acids is 2. The highest BCUT2D eigenvalue weighted by Crippen LogP contribution is 2.35.